The lowest BCUT2D eigenvalue weighted by atomic mass is 10.0. The van der Waals surface area contributed by atoms with Crippen LogP contribution in [0.15, 0.2) is 36.5 Å². The number of rotatable bonds is 4. The van der Waals surface area contributed by atoms with E-state index in [4.69, 9.17) is 27.9 Å². The molecule has 1 amide bonds. The summed E-state index contributed by atoms with van der Waals surface area (Å²) < 4.78 is 5.61. The molecule has 2 aromatic rings. The number of carbonyl (C=O) groups excluding carboxylic acids is 1. The van der Waals surface area contributed by atoms with Crippen molar-refractivity contribution in [3.05, 3.63) is 46.6 Å². The molecule has 5 nitrogen and oxygen atoms in total. The van der Waals surface area contributed by atoms with Gasteiger partial charge in [-0.25, -0.2) is 4.98 Å². The Balaban J connectivity index is 0.00000169. The number of halogens is 4. The van der Waals surface area contributed by atoms with E-state index in [0.29, 0.717) is 15.8 Å². The van der Waals surface area contributed by atoms with Crippen molar-refractivity contribution < 1.29 is 9.53 Å². The van der Waals surface area contributed by atoms with Crippen LogP contribution in [0.4, 0.5) is 5.69 Å². The predicted molar refractivity (Wildman–Crippen MR) is 110 cm³/mol. The molecule has 0 spiro atoms. The number of nitrogens with zero attached hydrogens (tertiary/aromatic N) is 1. The third-order valence-corrected chi connectivity index (χ3v) is 4.21. The van der Waals surface area contributed by atoms with Gasteiger partial charge in [0.1, 0.15) is 10.8 Å². The summed E-state index contributed by atoms with van der Waals surface area (Å²) in [4.78, 5) is 16.2. The lowest BCUT2D eigenvalue weighted by Crippen LogP contribution is -2.43. The van der Waals surface area contributed by atoms with Crippen molar-refractivity contribution in [3.63, 3.8) is 0 Å². The van der Waals surface area contributed by atoms with E-state index in [1.807, 2.05) is 0 Å². The summed E-state index contributed by atoms with van der Waals surface area (Å²) in [6.45, 7) is 0.889. The molecule has 1 fully saturated rings. The highest BCUT2D eigenvalue weighted by atomic mass is 35.5. The number of aromatic nitrogens is 1. The number of amides is 1. The van der Waals surface area contributed by atoms with E-state index in [0.717, 1.165) is 31.5 Å². The molecule has 1 aliphatic heterocycles. The van der Waals surface area contributed by atoms with Gasteiger partial charge in [0, 0.05) is 11.9 Å². The number of anilines is 1. The lowest BCUT2D eigenvalue weighted by Gasteiger charge is -2.22. The van der Waals surface area contributed by atoms with Crippen molar-refractivity contribution in [2.45, 2.75) is 25.3 Å². The Morgan fingerprint density at radius 2 is 1.92 bits per heavy atom. The van der Waals surface area contributed by atoms with Crippen molar-refractivity contribution in [1.82, 2.24) is 10.3 Å². The molecule has 3 rings (SSSR count). The van der Waals surface area contributed by atoms with Gasteiger partial charge in [-0.1, -0.05) is 29.6 Å². The second-order valence-corrected chi connectivity index (χ2v) is 6.40. The molecule has 9 heteroatoms. The Bertz CT molecular complexity index is 722. The standard InChI is InChI=1S/C17H17Cl2N3O2.2ClH/c18-11-9-14(19)17(21-10-11)24-13-6-4-12(5-7-13)22-16(23)15-3-1-2-8-20-15;;/h4-7,9-10,15,20H,1-3,8H2,(H,22,23);2*1H. The lowest BCUT2D eigenvalue weighted by molar-refractivity contribution is -0.118. The minimum atomic E-state index is -0.119. The third kappa shape index (κ3) is 6.18. The van der Waals surface area contributed by atoms with Crippen LogP contribution in [0.2, 0.25) is 10.0 Å². The number of benzene rings is 1. The molecule has 0 aliphatic carbocycles. The minimum absolute atomic E-state index is 0. The number of piperidine rings is 1. The molecule has 142 valence electrons. The number of hydrogen-bond donors (Lipinski definition) is 2. The highest BCUT2D eigenvalue weighted by Crippen LogP contribution is 2.29. The molecule has 0 bridgehead atoms. The maximum Gasteiger partial charge on any atom is 0.241 e. The van der Waals surface area contributed by atoms with E-state index in [9.17, 15) is 4.79 Å². The van der Waals surface area contributed by atoms with Gasteiger partial charge >= 0.3 is 0 Å². The van der Waals surface area contributed by atoms with Crippen LogP contribution in [0, 0.1) is 0 Å². The molecule has 1 aromatic heterocycles. The number of hydrogen-bond acceptors (Lipinski definition) is 4. The van der Waals surface area contributed by atoms with E-state index in [-0.39, 0.29) is 42.6 Å². The summed E-state index contributed by atoms with van der Waals surface area (Å²) in [6, 6.07) is 8.50. The number of pyridine rings is 1. The van der Waals surface area contributed by atoms with Crippen LogP contribution in [-0.4, -0.2) is 23.5 Å². The summed E-state index contributed by atoms with van der Waals surface area (Å²) in [7, 11) is 0. The molecule has 0 saturated carbocycles. The van der Waals surface area contributed by atoms with Gasteiger partial charge < -0.3 is 15.4 Å². The molecular formula is C17H19Cl4N3O2. The normalized spacial score (nSPS) is 16.0. The largest absolute Gasteiger partial charge is 0.438 e. The van der Waals surface area contributed by atoms with Crippen molar-refractivity contribution in [3.8, 4) is 11.6 Å². The molecule has 26 heavy (non-hydrogen) atoms. The molecular weight excluding hydrogens is 420 g/mol. The van der Waals surface area contributed by atoms with Crippen LogP contribution in [0.1, 0.15) is 19.3 Å². The smallest absolute Gasteiger partial charge is 0.241 e. The quantitative estimate of drug-likeness (QED) is 0.696. The Labute approximate surface area is 174 Å². The van der Waals surface area contributed by atoms with Crippen molar-refractivity contribution in [2.75, 3.05) is 11.9 Å². The monoisotopic (exact) mass is 437 g/mol. The number of nitrogens with one attached hydrogen (secondary N) is 2. The van der Waals surface area contributed by atoms with Crippen molar-refractivity contribution in [2.24, 2.45) is 0 Å². The Kier molecular flexibility index (Phi) is 9.47. The zero-order chi connectivity index (χ0) is 16.9. The van der Waals surface area contributed by atoms with Gasteiger partial charge in [-0.3, -0.25) is 4.79 Å². The maximum atomic E-state index is 12.2. The molecule has 1 unspecified atom stereocenters. The Morgan fingerprint density at radius 1 is 1.19 bits per heavy atom. The summed E-state index contributed by atoms with van der Waals surface area (Å²) in [5.74, 6) is 0.843. The second-order valence-electron chi connectivity index (χ2n) is 5.56. The molecule has 1 aliphatic rings. The van der Waals surface area contributed by atoms with E-state index < -0.39 is 0 Å². The van der Waals surface area contributed by atoms with Crippen LogP contribution in [-0.2, 0) is 4.79 Å². The first-order valence-electron chi connectivity index (χ1n) is 7.75. The van der Waals surface area contributed by atoms with Crippen LogP contribution in [0.3, 0.4) is 0 Å². The highest BCUT2D eigenvalue weighted by molar-refractivity contribution is 6.35. The molecule has 1 aromatic carbocycles. The van der Waals surface area contributed by atoms with Gasteiger partial charge in [0.15, 0.2) is 0 Å². The predicted octanol–water partition coefficient (Wildman–Crippen LogP) is 5.10. The van der Waals surface area contributed by atoms with Crippen LogP contribution < -0.4 is 15.4 Å². The first kappa shape index (κ1) is 22.8. The fourth-order valence-electron chi connectivity index (χ4n) is 2.50. The maximum absolute atomic E-state index is 12.2. The van der Waals surface area contributed by atoms with Gasteiger partial charge in [0.2, 0.25) is 11.8 Å². The first-order chi connectivity index (χ1) is 11.6. The van der Waals surface area contributed by atoms with Gasteiger partial charge in [0.05, 0.1) is 11.1 Å². The van der Waals surface area contributed by atoms with Crippen molar-refractivity contribution >= 4 is 59.6 Å². The highest BCUT2D eigenvalue weighted by Gasteiger charge is 2.20. The van der Waals surface area contributed by atoms with Gasteiger partial charge in [-0.05, 0) is 49.7 Å². The molecule has 0 radical (unpaired) electrons. The van der Waals surface area contributed by atoms with Crippen molar-refractivity contribution in [1.29, 1.82) is 0 Å². The number of ether oxygens (including phenoxy) is 1. The van der Waals surface area contributed by atoms with E-state index in [1.54, 1.807) is 30.3 Å². The minimum Gasteiger partial charge on any atom is -0.438 e. The van der Waals surface area contributed by atoms with E-state index in [1.165, 1.54) is 6.20 Å². The molecule has 1 atom stereocenters. The molecule has 1 saturated heterocycles. The van der Waals surface area contributed by atoms with E-state index in [2.05, 4.69) is 15.6 Å². The fourth-order valence-corrected chi connectivity index (χ4v) is 2.92. The molecule has 2 heterocycles. The summed E-state index contributed by atoms with van der Waals surface area (Å²) in [6.07, 6.45) is 4.53. The summed E-state index contributed by atoms with van der Waals surface area (Å²) in [5, 5.41) is 6.91. The third-order valence-electron chi connectivity index (χ3n) is 3.74. The average molecular weight is 439 g/mol. The Hall–Kier alpha value is -1.24. The van der Waals surface area contributed by atoms with E-state index >= 15 is 0 Å². The fraction of sp³-hybridized carbons (Fsp3) is 0.294. The van der Waals surface area contributed by atoms with Gasteiger partial charge in [-0.15, -0.1) is 24.8 Å². The molecule has 2 N–H and O–H groups in total. The van der Waals surface area contributed by atoms with Crippen LogP contribution in [0.25, 0.3) is 0 Å². The first-order valence-corrected chi connectivity index (χ1v) is 8.50. The second kappa shape index (κ2) is 10.8. The van der Waals surface area contributed by atoms with Crippen LogP contribution in [0.5, 0.6) is 11.6 Å². The zero-order valence-corrected chi connectivity index (χ0v) is 16.9. The topological polar surface area (TPSA) is 63.2 Å². The SMILES string of the molecule is Cl.Cl.O=C(Nc1ccc(Oc2ncc(Cl)cc2Cl)cc1)C1CCCCN1. The summed E-state index contributed by atoms with van der Waals surface area (Å²) in [5.41, 5.74) is 0.717. The summed E-state index contributed by atoms with van der Waals surface area (Å²) >= 11 is 11.8. The average Bonchev–Trinajstić information content (AvgIpc) is 2.60. The van der Waals surface area contributed by atoms with Gasteiger partial charge in [0.25, 0.3) is 0 Å². The Morgan fingerprint density at radius 3 is 2.54 bits per heavy atom. The van der Waals surface area contributed by atoms with Gasteiger partial charge in [-0.2, -0.15) is 0 Å². The number of carbonyl (C=O) groups is 1. The van der Waals surface area contributed by atoms with Crippen LogP contribution >= 0.6 is 48.0 Å². The zero-order valence-electron chi connectivity index (χ0n) is 13.7.